The quantitative estimate of drug-likeness (QED) is 0.650. The molecule has 0 aromatic heterocycles. The van der Waals surface area contributed by atoms with Gasteiger partial charge in [-0.3, -0.25) is 20.2 Å². The zero-order valence-corrected chi connectivity index (χ0v) is 12.3. The topological polar surface area (TPSA) is 125 Å². The van der Waals surface area contributed by atoms with Gasteiger partial charge in [-0.1, -0.05) is 30.3 Å². The van der Waals surface area contributed by atoms with Gasteiger partial charge in [0.25, 0.3) is 0 Å². The van der Waals surface area contributed by atoms with Crippen LogP contribution in [0.25, 0.3) is 0 Å². The van der Waals surface area contributed by atoms with Crippen LogP contribution in [0, 0.1) is 20.2 Å². The maximum Gasteiger partial charge on any atom is 0.408 e. The third kappa shape index (κ3) is 4.38. The molecule has 2 unspecified atom stereocenters. The molecule has 1 N–H and O–H groups in total. The minimum absolute atomic E-state index is 0.00828. The number of alkyl carbamates (subject to hydrolysis) is 1. The lowest BCUT2D eigenvalue weighted by atomic mass is 9.86. The zero-order chi connectivity index (χ0) is 16.8. The van der Waals surface area contributed by atoms with Crippen molar-refractivity contribution in [3.63, 3.8) is 0 Å². The maximum absolute atomic E-state index is 11.8. The number of hydrogen-bond acceptors (Lipinski definition) is 6. The monoisotopic (exact) mass is 323 g/mol. The fourth-order valence-corrected chi connectivity index (χ4v) is 2.72. The molecule has 0 bridgehead atoms. The molecule has 9 heteroatoms. The van der Waals surface area contributed by atoms with E-state index < -0.39 is 34.1 Å². The number of nitrogens with one attached hydrogen (secondary N) is 1. The first-order chi connectivity index (χ1) is 11.0. The summed E-state index contributed by atoms with van der Waals surface area (Å²) in [6, 6.07) is 5.37. The van der Waals surface area contributed by atoms with Gasteiger partial charge < -0.3 is 10.1 Å². The highest BCUT2D eigenvalue weighted by Crippen LogP contribution is 2.23. The molecule has 0 saturated heterocycles. The molecule has 1 amide bonds. The summed E-state index contributed by atoms with van der Waals surface area (Å²) in [6.45, 7) is -0.00828. The van der Waals surface area contributed by atoms with Crippen LogP contribution >= 0.6 is 0 Å². The molecular weight excluding hydrogens is 306 g/mol. The normalized spacial score (nSPS) is 23.7. The van der Waals surface area contributed by atoms with E-state index in [-0.39, 0.29) is 19.4 Å². The number of benzene rings is 1. The Balaban J connectivity index is 1.99. The van der Waals surface area contributed by atoms with Gasteiger partial charge >= 0.3 is 6.09 Å². The second kappa shape index (κ2) is 7.52. The van der Waals surface area contributed by atoms with Crippen molar-refractivity contribution in [2.45, 2.75) is 44.0 Å². The number of hydrogen-bond donors (Lipinski definition) is 1. The first-order valence-corrected chi connectivity index (χ1v) is 7.23. The van der Waals surface area contributed by atoms with Crippen LogP contribution in [0.3, 0.4) is 0 Å². The third-order valence-corrected chi connectivity index (χ3v) is 3.87. The van der Waals surface area contributed by atoms with Crippen LogP contribution in [-0.2, 0) is 11.3 Å². The average molecular weight is 323 g/mol. The number of amides is 1. The summed E-state index contributed by atoms with van der Waals surface area (Å²) in [7, 11) is 0. The predicted octanol–water partition coefficient (Wildman–Crippen LogP) is 1.76. The second-order valence-corrected chi connectivity index (χ2v) is 5.37. The predicted molar refractivity (Wildman–Crippen MR) is 79.0 cm³/mol. The van der Waals surface area contributed by atoms with Gasteiger partial charge in [0.15, 0.2) is 6.04 Å². The third-order valence-electron chi connectivity index (χ3n) is 3.87. The number of nitro groups is 2. The van der Waals surface area contributed by atoms with Crippen LogP contribution in [0.15, 0.2) is 30.3 Å². The fraction of sp³-hybridized carbons (Fsp3) is 0.500. The lowest BCUT2D eigenvalue weighted by Gasteiger charge is -2.28. The fourth-order valence-electron chi connectivity index (χ4n) is 2.72. The van der Waals surface area contributed by atoms with E-state index in [0.717, 1.165) is 5.56 Å². The van der Waals surface area contributed by atoms with Gasteiger partial charge in [-0.25, -0.2) is 4.79 Å². The van der Waals surface area contributed by atoms with Gasteiger partial charge in [0.2, 0.25) is 12.1 Å². The Morgan fingerprint density at radius 1 is 1.13 bits per heavy atom. The minimum Gasteiger partial charge on any atom is -0.445 e. The Morgan fingerprint density at radius 3 is 2.22 bits per heavy atom. The second-order valence-electron chi connectivity index (χ2n) is 5.37. The Morgan fingerprint density at radius 2 is 1.70 bits per heavy atom. The van der Waals surface area contributed by atoms with Crippen molar-refractivity contribution >= 4 is 6.09 Å². The van der Waals surface area contributed by atoms with Crippen LogP contribution in [0.4, 0.5) is 4.79 Å². The van der Waals surface area contributed by atoms with Gasteiger partial charge in [-0.2, -0.15) is 0 Å². The van der Waals surface area contributed by atoms with Crippen molar-refractivity contribution in [1.82, 2.24) is 5.32 Å². The molecule has 23 heavy (non-hydrogen) atoms. The Hall–Kier alpha value is -2.71. The molecule has 1 fully saturated rings. The van der Waals surface area contributed by atoms with Gasteiger partial charge in [0, 0.05) is 22.7 Å². The van der Waals surface area contributed by atoms with Crippen molar-refractivity contribution < 1.29 is 19.4 Å². The Kier molecular flexibility index (Phi) is 5.45. The molecule has 1 saturated carbocycles. The molecule has 1 aromatic rings. The summed E-state index contributed by atoms with van der Waals surface area (Å²) in [5, 5.41) is 24.5. The van der Waals surface area contributed by atoms with E-state index in [0.29, 0.717) is 6.42 Å². The zero-order valence-electron chi connectivity index (χ0n) is 12.3. The molecule has 0 aliphatic heterocycles. The van der Waals surface area contributed by atoms with Crippen LogP contribution in [0.1, 0.15) is 24.8 Å². The van der Waals surface area contributed by atoms with Crippen molar-refractivity contribution in [2.75, 3.05) is 0 Å². The summed E-state index contributed by atoms with van der Waals surface area (Å²) < 4.78 is 4.99. The summed E-state index contributed by atoms with van der Waals surface area (Å²) >= 11 is 0. The van der Waals surface area contributed by atoms with Crippen molar-refractivity contribution in [3.05, 3.63) is 56.1 Å². The highest BCUT2D eigenvalue weighted by atomic mass is 16.6. The molecule has 1 aliphatic rings. The molecule has 1 aromatic carbocycles. The molecule has 2 atom stereocenters. The standard InChI is InChI=1S/C14H17N3O6/c18-14(23-9-10-5-2-1-3-6-10)15-13-11(16(19)20)7-4-8-12(13)17(21)22/h1-3,5-6,11-13H,4,7-9H2,(H,15,18). The summed E-state index contributed by atoms with van der Waals surface area (Å²) in [5.74, 6) is 0. The average Bonchev–Trinajstić information content (AvgIpc) is 2.53. The molecule has 9 nitrogen and oxygen atoms in total. The van der Waals surface area contributed by atoms with Crippen LogP contribution in [0.2, 0.25) is 0 Å². The lowest BCUT2D eigenvalue weighted by Crippen LogP contribution is -2.58. The molecule has 1 aliphatic carbocycles. The van der Waals surface area contributed by atoms with Gasteiger partial charge in [-0.15, -0.1) is 0 Å². The SMILES string of the molecule is O=C(NC1C([N+](=O)[O-])CCCC1[N+](=O)[O-])OCc1ccccc1. The van der Waals surface area contributed by atoms with Crippen molar-refractivity contribution in [3.8, 4) is 0 Å². The maximum atomic E-state index is 11.8. The van der Waals surface area contributed by atoms with Crippen molar-refractivity contribution in [1.29, 1.82) is 0 Å². The molecular formula is C14H17N3O6. The van der Waals surface area contributed by atoms with E-state index in [2.05, 4.69) is 5.32 Å². The van der Waals surface area contributed by atoms with E-state index in [1.807, 2.05) is 6.07 Å². The van der Waals surface area contributed by atoms with Crippen LogP contribution in [-0.4, -0.2) is 34.1 Å². The number of nitrogens with zero attached hydrogens (tertiary/aromatic N) is 2. The van der Waals surface area contributed by atoms with Crippen LogP contribution in [0.5, 0.6) is 0 Å². The molecule has 0 heterocycles. The van der Waals surface area contributed by atoms with E-state index >= 15 is 0 Å². The highest BCUT2D eigenvalue weighted by Gasteiger charge is 2.48. The summed E-state index contributed by atoms with van der Waals surface area (Å²) in [5.41, 5.74) is 0.753. The lowest BCUT2D eigenvalue weighted by molar-refractivity contribution is -0.573. The van der Waals surface area contributed by atoms with E-state index in [1.54, 1.807) is 24.3 Å². The number of carbonyl (C=O) groups is 1. The first-order valence-electron chi connectivity index (χ1n) is 7.23. The smallest absolute Gasteiger partial charge is 0.408 e. The summed E-state index contributed by atoms with van der Waals surface area (Å²) in [6.07, 6.45) is -0.115. The van der Waals surface area contributed by atoms with E-state index in [1.165, 1.54) is 0 Å². The summed E-state index contributed by atoms with van der Waals surface area (Å²) in [4.78, 5) is 32.9. The largest absolute Gasteiger partial charge is 0.445 e. The van der Waals surface area contributed by atoms with E-state index in [9.17, 15) is 25.0 Å². The first kappa shape index (κ1) is 16.7. The Labute approximate surface area is 131 Å². The number of ether oxygens (including phenoxy) is 1. The van der Waals surface area contributed by atoms with Gasteiger partial charge in [0.05, 0.1) is 0 Å². The number of carbonyl (C=O) groups excluding carboxylic acids is 1. The highest BCUT2D eigenvalue weighted by molar-refractivity contribution is 5.67. The van der Waals surface area contributed by atoms with E-state index in [4.69, 9.17) is 4.74 Å². The minimum atomic E-state index is -1.18. The van der Waals surface area contributed by atoms with Crippen molar-refractivity contribution in [2.24, 2.45) is 0 Å². The molecule has 0 spiro atoms. The molecule has 2 rings (SSSR count). The van der Waals surface area contributed by atoms with Crippen LogP contribution < -0.4 is 5.32 Å². The van der Waals surface area contributed by atoms with Gasteiger partial charge in [-0.05, 0) is 12.0 Å². The number of rotatable bonds is 5. The van der Waals surface area contributed by atoms with Gasteiger partial charge in [0.1, 0.15) is 6.61 Å². The molecule has 0 radical (unpaired) electrons. The molecule has 124 valence electrons. The Bertz CT molecular complexity index is 557.